The van der Waals surface area contributed by atoms with Crippen LogP contribution in [0.25, 0.3) is 0 Å². The summed E-state index contributed by atoms with van der Waals surface area (Å²) in [5.74, 6) is -1.03. The van der Waals surface area contributed by atoms with Crippen LogP contribution in [0.5, 0.6) is 11.5 Å². The Bertz CT molecular complexity index is 862. The Kier molecular flexibility index (Phi) is 6.15. The third-order valence-electron chi connectivity index (χ3n) is 4.37. The van der Waals surface area contributed by atoms with Crippen molar-refractivity contribution < 1.29 is 27.8 Å². The van der Waals surface area contributed by atoms with E-state index >= 15 is 0 Å². The van der Waals surface area contributed by atoms with Gasteiger partial charge in [0.25, 0.3) is 5.91 Å². The molecule has 0 bridgehead atoms. The quantitative estimate of drug-likeness (QED) is 0.614. The zero-order chi connectivity index (χ0) is 19.6. The van der Waals surface area contributed by atoms with Crippen molar-refractivity contribution in [1.82, 2.24) is 4.90 Å². The lowest BCUT2D eigenvalue weighted by Crippen LogP contribution is -2.42. The summed E-state index contributed by atoms with van der Waals surface area (Å²) in [5, 5.41) is 0. The molecule has 0 saturated carbocycles. The number of carbonyl (C=O) groups excluding carboxylic acids is 1. The molecule has 144 valence electrons. The molecule has 0 N–H and O–H groups in total. The molecular weight excluding hydrogens is 471 g/mol. The SMILES string of the molecule is COc1cc(I)c(C(=O)N2CCOC(c3ccc(F)c(F)c3)C2)cc1OC. The normalized spacial score (nSPS) is 16.9. The third kappa shape index (κ3) is 4.16. The van der Waals surface area contributed by atoms with Gasteiger partial charge in [0, 0.05) is 10.1 Å². The molecule has 1 fully saturated rings. The molecule has 1 aliphatic heterocycles. The minimum Gasteiger partial charge on any atom is -0.493 e. The van der Waals surface area contributed by atoms with E-state index in [-0.39, 0.29) is 12.5 Å². The maximum Gasteiger partial charge on any atom is 0.255 e. The fraction of sp³-hybridized carbons (Fsp3) is 0.316. The molecule has 1 atom stereocenters. The molecule has 0 aromatic heterocycles. The van der Waals surface area contributed by atoms with Crippen LogP contribution in [0.2, 0.25) is 0 Å². The predicted molar refractivity (Wildman–Crippen MR) is 103 cm³/mol. The average Bonchev–Trinajstić information content (AvgIpc) is 2.69. The number of rotatable bonds is 4. The van der Waals surface area contributed by atoms with Crippen LogP contribution in [-0.2, 0) is 4.74 Å². The number of ether oxygens (including phenoxy) is 3. The first-order valence-corrected chi connectivity index (χ1v) is 9.29. The van der Waals surface area contributed by atoms with E-state index in [4.69, 9.17) is 14.2 Å². The lowest BCUT2D eigenvalue weighted by molar-refractivity contribution is -0.0230. The summed E-state index contributed by atoms with van der Waals surface area (Å²) in [6.45, 7) is 0.955. The van der Waals surface area contributed by atoms with Crippen LogP contribution in [0.15, 0.2) is 30.3 Å². The standard InChI is InChI=1S/C19H18F2INO4/c1-25-16-8-12(15(22)9-17(16)26-2)19(24)23-5-6-27-18(10-23)11-3-4-13(20)14(21)7-11/h3-4,7-9,18H,5-6,10H2,1-2H3. The molecule has 1 aliphatic rings. The first kappa shape index (κ1) is 19.8. The molecule has 0 radical (unpaired) electrons. The minimum absolute atomic E-state index is 0.184. The molecule has 1 unspecified atom stereocenters. The highest BCUT2D eigenvalue weighted by Crippen LogP contribution is 2.33. The molecule has 2 aromatic carbocycles. The van der Waals surface area contributed by atoms with Crippen molar-refractivity contribution in [3.05, 3.63) is 56.7 Å². The number of carbonyl (C=O) groups is 1. The van der Waals surface area contributed by atoms with Gasteiger partial charge in [0.1, 0.15) is 6.10 Å². The Labute approximate surface area is 169 Å². The number of hydrogen-bond donors (Lipinski definition) is 0. The zero-order valence-electron chi connectivity index (χ0n) is 14.8. The summed E-state index contributed by atoms with van der Waals surface area (Å²) in [6.07, 6.45) is -0.518. The third-order valence-corrected chi connectivity index (χ3v) is 5.27. The van der Waals surface area contributed by atoms with E-state index in [0.717, 1.165) is 15.7 Å². The van der Waals surface area contributed by atoms with Gasteiger partial charge in [-0.05, 0) is 52.4 Å². The van der Waals surface area contributed by atoms with E-state index in [1.807, 2.05) is 0 Å². The Morgan fingerprint density at radius 1 is 1.15 bits per heavy atom. The molecule has 0 aliphatic carbocycles. The molecular formula is C19H18F2INO4. The van der Waals surface area contributed by atoms with Crippen LogP contribution in [0.1, 0.15) is 22.0 Å². The molecule has 8 heteroatoms. The second-order valence-electron chi connectivity index (χ2n) is 5.97. The Morgan fingerprint density at radius 2 is 1.85 bits per heavy atom. The molecule has 5 nitrogen and oxygen atoms in total. The van der Waals surface area contributed by atoms with Crippen molar-refractivity contribution in [3.63, 3.8) is 0 Å². The van der Waals surface area contributed by atoms with E-state index in [1.54, 1.807) is 17.0 Å². The van der Waals surface area contributed by atoms with E-state index in [2.05, 4.69) is 22.6 Å². The summed E-state index contributed by atoms with van der Waals surface area (Å²) >= 11 is 2.07. The largest absolute Gasteiger partial charge is 0.493 e. The number of nitrogens with zero attached hydrogens (tertiary/aromatic N) is 1. The highest BCUT2D eigenvalue weighted by Gasteiger charge is 2.28. The van der Waals surface area contributed by atoms with Crippen molar-refractivity contribution in [2.75, 3.05) is 33.9 Å². The van der Waals surface area contributed by atoms with Gasteiger partial charge in [0.2, 0.25) is 0 Å². The van der Waals surface area contributed by atoms with Crippen molar-refractivity contribution >= 4 is 28.5 Å². The lowest BCUT2D eigenvalue weighted by atomic mass is 10.1. The molecule has 2 aromatic rings. The van der Waals surface area contributed by atoms with Gasteiger partial charge in [-0.25, -0.2) is 8.78 Å². The van der Waals surface area contributed by atoms with Crippen molar-refractivity contribution in [2.45, 2.75) is 6.10 Å². The molecule has 1 heterocycles. The van der Waals surface area contributed by atoms with Gasteiger partial charge >= 0.3 is 0 Å². The monoisotopic (exact) mass is 489 g/mol. The summed E-state index contributed by atoms with van der Waals surface area (Å²) in [6, 6.07) is 7.02. The van der Waals surface area contributed by atoms with Gasteiger partial charge in [0.15, 0.2) is 23.1 Å². The van der Waals surface area contributed by atoms with Crippen molar-refractivity contribution in [3.8, 4) is 11.5 Å². The van der Waals surface area contributed by atoms with Crippen LogP contribution in [0.4, 0.5) is 8.78 Å². The Balaban J connectivity index is 1.83. The smallest absolute Gasteiger partial charge is 0.255 e. The molecule has 0 spiro atoms. The van der Waals surface area contributed by atoms with E-state index < -0.39 is 17.7 Å². The fourth-order valence-corrected chi connectivity index (χ4v) is 3.61. The fourth-order valence-electron chi connectivity index (χ4n) is 2.94. The van der Waals surface area contributed by atoms with Crippen LogP contribution >= 0.6 is 22.6 Å². The lowest BCUT2D eigenvalue weighted by Gasteiger charge is -2.33. The summed E-state index contributed by atoms with van der Waals surface area (Å²) in [5.41, 5.74) is 0.979. The van der Waals surface area contributed by atoms with Gasteiger partial charge in [-0.3, -0.25) is 4.79 Å². The predicted octanol–water partition coefficient (Wildman–Crippen LogP) is 3.80. The maximum absolute atomic E-state index is 13.5. The van der Waals surface area contributed by atoms with Crippen molar-refractivity contribution in [2.24, 2.45) is 0 Å². The minimum atomic E-state index is -0.936. The van der Waals surface area contributed by atoms with Crippen LogP contribution < -0.4 is 9.47 Å². The second kappa shape index (κ2) is 8.39. The topological polar surface area (TPSA) is 48.0 Å². The maximum atomic E-state index is 13.5. The van der Waals surface area contributed by atoms with Gasteiger partial charge < -0.3 is 19.1 Å². The van der Waals surface area contributed by atoms with Gasteiger partial charge in [-0.1, -0.05) is 6.07 Å². The summed E-state index contributed by atoms with van der Waals surface area (Å²) in [4.78, 5) is 14.7. The first-order valence-electron chi connectivity index (χ1n) is 8.22. The first-order chi connectivity index (χ1) is 12.9. The zero-order valence-corrected chi connectivity index (χ0v) is 17.0. The number of amides is 1. The van der Waals surface area contributed by atoms with Crippen LogP contribution in [-0.4, -0.2) is 44.7 Å². The van der Waals surface area contributed by atoms with E-state index in [0.29, 0.717) is 35.8 Å². The number of benzene rings is 2. The number of methoxy groups -OCH3 is 2. The molecule has 1 saturated heterocycles. The molecule has 3 rings (SSSR count). The second-order valence-corrected chi connectivity index (χ2v) is 7.13. The van der Waals surface area contributed by atoms with Crippen molar-refractivity contribution in [1.29, 1.82) is 0 Å². The highest BCUT2D eigenvalue weighted by molar-refractivity contribution is 14.1. The summed E-state index contributed by atoms with van der Waals surface area (Å²) in [7, 11) is 3.04. The van der Waals surface area contributed by atoms with Gasteiger partial charge in [0.05, 0.1) is 32.9 Å². The number of halogens is 3. The van der Waals surface area contributed by atoms with Crippen LogP contribution in [0.3, 0.4) is 0 Å². The Hall–Kier alpha value is -1.94. The number of morpholine rings is 1. The van der Waals surface area contributed by atoms with Gasteiger partial charge in [-0.2, -0.15) is 0 Å². The molecule has 1 amide bonds. The summed E-state index contributed by atoms with van der Waals surface area (Å²) < 4.78 is 43.6. The Morgan fingerprint density at radius 3 is 2.52 bits per heavy atom. The number of hydrogen-bond acceptors (Lipinski definition) is 4. The molecule has 27 heavy (non-hydrogen) atoms. The average molecular weight is 489 g/mol. The van der Waals surface area contributed by atoms with Gasteiger partial charge in [-0.15, -0.1) is 0 Å². The van der Waals surface area contributed by atoms with Crippen LogP contribution in [0, 0.1) is 15.2 Å². The van der Waals surface area contributed by atoms with E-state index in [9.17, 15) is 13.6 Å². The van der Waals surface area contributed by atoms with E-state index in [1.165, 1.54) is 20.3 Å². The highest BCUT2D eigenvalue weighted by atomic mass is 127.